The topological polar surface area (TPSA) is 60.8 Å². The van der Waals surface area contributed by atoms with Crippen LogP contribution in [0, 0.1) is 0 Å². The van der Waals surface area contributed by atoms with Crippen molar-refractivity contribution in [3.05, 3.63) is 0 Å². The molecule has 1 saturated heterocycles. The predicted molar refractivity (Wildman–Crippen MR) is 29.7 cm³/mol. The molecule has 1 amide bonds. The third kappa shape index (κ3) is 1.20. The van der Waals surface area contributed by atoms with Crippen LogP contribution in [0.2, 0.25) is 0 Å². The lowest BCUT2D eigenvalue weighted by molar-refractivity contribution is -0.117. The molecule has 1 fully saturated rings. The van der Waals surface area contributed by atoms with E-state index in [1.165, 1.54) is 4.90 Å². The standard InChI is InChI=1S/C5H9NO3/c7-3-6-1-4(8)5(9)2-6/h3-5,8-9H,1-2H2/t4-,5+. The second-order valence-corrected chi connectivity index (χ2v) is 2.19. The minimum absolute atomic E-state index is 0.255. The van der Waals surface area contributed by atoms with Gasteiger partial charge in [0.25, 0.3) is 0 Å². The summed E-state index contributed by atoms with van der Waals surface area (Å²) < 4.78 is 0. The van der Waals surface area contributed by atoms with E-state index >= 15 is 0 Å². The molecule has 2 N–H and O–H groups in total. The van der Waals surface area contributed by atoms with Crippen LogP contribution in [0.1, 0.15) is 0 Å². The highest BCUT2D eigenvalue weighted by Gasteiger charge is 2.27. The van der Waals surface area contributed by atoms with Gasteiger partial charge in [-0.15, -0.1) is 0 Å². The van der Waals surface area contributed by atoms with Crippen LogP contribution in [0.4, 0.5) is 0 Å². The third-order valence-corrected chi connectivity index (χ3v) is 1.44. The molecule has 0 unspecified atom stereocenters. The highest BCUT2D eigenvalue weighted by molar-refractivity contribution is 5.48. The van der Waals surface area contributed by atoms with Crippen LogP contribution in [0.5, 0.6) is 0 Å². The lowest BCUT2D eigenvalue weighted by Crippen LogP contribution is -2.22. The fourth-order valence-electron chi connectivity index (χ4n) is 0.884. The van der Waals surface area contributed by atoms with E-state index in [1.54, 1.807) is 0 Å². The number of likely N-dealkylation sites (tertiary alicyclic amines) is 1. The van der Waals surface area contributed by atoms with Crippen molar-refractivity contribution < 1.29 is 15.0 Å². The van der Waals surface area contributed by atoms with Gasteiger partial charge in [0.05, 0.1) is 12.2 Å². The molecule has 0 aliphatic carbocycles. The van der Waals surface area contributed by atoms with Crippen LogP contribution < -0.4 is 0 Å². The van der Waals surface area contributed by atoms with E-state index in [0.29, 0.717) is 6.41 Å². The van der Waals surface area contributed by atoms with E-state index < -0.39 is 12.2 Å². The normalized spacial score (nSPS) is 35.1. The molecule has 1 aliphatic rings. The van der Waals surface area contributed by atoms with Gasteiger partial charge in [-0.05, 0) is 0 Å². The van der Waals surface area contributed by atoms with Crippen molar-refractivity contribution in [2.75, 3.05) is 13.1 Å². The number of nitrogens with zero attached hydrogens (tertiary/aromatic N) is 1. The first-order chi connectivity index (χ1) is 4.24. The minimum atomic E-state index is -0.754. The summed E-state index contributed by atoms with van der Waals surface area (Å²) in [5.74, 6) is 0. The Hall–Kier alpha value is -0.610. The average molecular weight is 131 g/mol. The number of β-amino-alcohol motifs (C(OH)–C–C–N with tert-alkyl or cyclic N) is 2. The number of aliphatic hydroxyl groups is 2. The summed E-state index contributed by atoms with van der Waals surface area (Å²) in [6.07, 6.45) is -0.884. The number of carbonyl (C=O) groups is 1. The van der Waals surface area contributed by atoms with Crippen molar-refractivity contribution in [1.82, 2.24) is 4.90 Å². The first-order valence-corrected chi connectivity index (χ1v) is 2.79. The zero-order chi connectivity index (χ0) is 6.85. The molecule has 0 bridgehead atoms. The Bertz CT molecular complexity index is 107. The molecule has 0 aromatic carbocycles. The summed E-state index contributed by atoms with van der Waals surface area (Å²) in [5, 5.41) is 17.7. The van der Waals surface area contributed by atoms with Crippen LogP contribution in [0.3, 0.4) is 0 Å². The van der Waals surface area contributed by atoms with Gasteiger partial charge in [0, 0.05) is 13.1 Å². The highest BCUT2D eigenvalue weighted by Crippen LogP contribution is 2.06. The Morgan fingerprint density at radius 1 is 1.33 bits per heavy atom. The maximum absolute atomic E-state index is 10.0. The maximum Gasteiger partial charge on any atom is 0.209 e. The van der Waals surface area contributed by atoms with E-state index in [0.717, 1.165) is 0 Å². The van der Waals surface area contributed by atoms with Gasteiger partial charge in [-0.25, -0.2) is 0 Å². The van der Waals surface area contributed by atoms with Crippen LogP contribution in [0.25, 0.3) is 0 Å². The lowest BCUT2D eigenvalue weighted by Gasteiger charge is -2.03. The summed E-state index contributed by atoms with van der Waals surface area (Å²) in [7, 11) is 0. The minimum Gasteiger partial charge on any atom is -0.389 e. The van der Waals surface area contributed by atoms with Gasteiger partial charge in [0.2, 0.25) is 6.41 Å². The van der Waals surface area contributed by atoms with E-state index in [1.807, 2.05) is 0 Å². The van der Waals surface area contributed by atoms with Crippen molar-refractivity contribution in [2.24, 2.45) is 0 Å². The van der Waals surface area contributed by atoms with Crippen LogP contribution in [-0.4, -0.2) is 46.8 Å². The number of rotatable bonds is 1. The van der Waals surface area contributed by atoms with E-state index in [-0.39, 0.29) is 13.1 Å². The Morgan fingerprint density at radius 3 is 2.00 bits per heavy atom. The number of hydrogen-bond donors (Lipinski definition) is 2. The molecule has 2 atom stereocenters. The van der Waals surface area contributed by atoms with Gasteiger partial charge in [0.15, 0.2) is 0 Å². The second kappa shape index (κ2) is 2.33. The zero-order valence-corrected chi connectivity index (χ0v) is 4.90. The van der Waals surface area contributed by atoms with Crippen LogP contribution in [0.15, 0.2) is 0 Å². The highest BCUT2D eigenvalue weighted by atomic mass is 16.3. The van der Waals surface area contributed by atoms with E-state index in [2.05, 4.69) is 0 Å². The summed E-state index contributed by atoms with van der Waals surface area (Å²) in [6, 6.07) is 0. The summed E-state index contributed by atoms with van der Waals surface area (Å²) >= 11 is 0. The fraction of sp³-hybridized carbons (Fsp3) is 0.800. The number of aliphatic hydroxyl groups excluding tert-OH is 2. The molecular weight excluding hydrogens is 122 g/mol. The molecule has 0 aromatic heterocycles. The Kier molecular flexibility index (Phi) is 1.68. The fourth-order valence-corrected chi connectivity index (χ4v) is 0.884. The molecule has 1 aliphatic heterocycles. The Labute approximate surface area is 52.7 Å². The Balaban J connectivity index is 2.43. The van der Waals surface area contributed by atoms with Gasteiger partial charge in [-0.3, -0.25) is 4.79 Å². The third-order valence-electron chi connectivity index (χ3n) is 1.44. The largest absolute Gasteiger partial charge is 0.389 e. The lowest BCUT2D eigenvalue weighted by atomic mass is 10.3. The van der Waals surface area contributed by atoms with Crippen molar-refractivity contribution in [3.63, 3.8) is 0 Å². The SMILES string of the molecule is O=CN1C[C@@H](O)[C@@H](O)C1. The maximum atomic E-state index is 10.0. The van der Waals surface area contributed by atoms with Crippen molar-refractivity contribution >= 4 is 6.41 Å². The van der Waals surface area contributed by atoms with Crippen molar-refractivity contribution in [2.45, 2.75) is 12.2 Å². The summed E-state index contributed by atoms with van der Waals surface area (Å²) in [5.41, 5.74) is 0. The smallest absolute Gasteiger partial charge is 0.209 e. The molecule has 1 heterocycles. The molecule has 0 aromatic rings. The molecule has 0 spiro atoms. The molecule has 0 radical (unpaired) electrons. The first-order valence-electron chi connectivity index (χ1n) is 2.79. The number of amides is 1. The molecule has 4 heteroatoms. The summed E-state index contributed by atoms with van der Waals surface area (Å²) in [4.78, 5) is 11.3. The van der Waals surface area contributed by atoms with Crippen molar-refractivity contribution in [1.29, 1.82) is 0 Å². The molecule has 0 saturated carbocycles. The van der Waals surface area contributed by atoms with Gasteiger partial charge in [-0.1, -0.05) is 0 Å². The van der Waals surface area contributed by atoms with Gasteiger partial charge >= 0.3 is 0 Å². The number of carbonyl (C=O) groups excluding carboxylic acids is 1. The van der Waals surface area contributed by atoms with Gasteiger partial charge < -0.3 is 15.1 Å². The molecule has 52 valence electrons. The van der Waals surface area contributed by atoms with Crippen LogP contribution >= 0.6 is 0 Å². The van der Waals surface area contributed by atoms with Gasteiger partial charge in [0.1, 0.15) is 0 Å². The monoisotopic (exact) mass is 131 g/mol. The Morgan fingerprint density at radius 2 is 1.78 bits per heavy atom. The zero-order valence-electron chi connectivity index (χ0n) is 4.90. The molecule has 1 rings (SSSR count). The van der Waals surface area contributed by atoms with Crippen LogP contribution in [-0.2, 0) is 4.79 Å². The number of hydrogen-bond acceptors (Lipinski definition) is 3. The predicted octanol–water partition coefficient (Wildman–Crippen LogP) is -1.82. The van der Waals surface area contributed by atoms with Gasteiger partial charge in [-0.2, -0.15) is 0 Å². The van der Waals surface area contributed by atoms with Crippen molar-refractivity contribution in [3.8, 4) is 0 Å². The molecular formula is C5H9NO3. The first kappa shape index (κ1) is 6.51. The molecule has 9 heavy (non-hydrogen) atoms. The average Bonchev–Trinajstić information content (AvgIpc) is 2.13. The van der Waals surface area contributed by atoms with E-state index in [9.17, 15) is 4.79 Å². The quantitative estimate of drug-likeness (QED) is 0.412. The summed E-state index contributed by atoms with van der Waals surface area (Å²) in [6.45, 7) is 0.509. The molecule has 4 nitrogen and oxygen atoms in total. The van der Waals surface area contributed by atoms with E-state index in [4.69, 9.17) is 10.2 Å². The second-order valence-electron chi connectivity index (χ2n) is 2.19.